The van der Waals surface area contributed by atoms with Crippen LogP contribution in [-0.2, 0) is 16.4 Å². The summed E-state index contributed by atoms with van der Waals surface area (Å²) < 4.78 is 25.5. The summed E-state index contributed by atoms with van der Waals surface area (Å²) >= 11 is 0. The summed E-state index contributed by atoms with van der Waals surface area (Å²) in [4.78, 5) is 8.60. The Morgan fingerprint density at radius 1 is 1.40 bits per heavy atom. The average molecular weight is 298 g/mol. The van der Waals surface area contributed by atoms with Gasteiger partial charge in [-0.1, -0.05) is 0 Å². The normalized spacial score (nSPS) is 20.8. The smallest absolute Gasteiger partial charge is 0.213 e. The van der Waals surface area contributed by atoms with Crippen molar-refractivity contribution in [3.8, 4) is 0 Å². The SMILES string of the molecule is CCS(=O)(=O)N1CCC[C@H](Cc2nccnc2NC)C1. The van der Waals surface area contributed by atoms with E-state index in [0.717, 1.165) is 30.8 Å². The molecule has 0 saturated carbocycles. The molecule has 112 valence electrons. The van der Waals surface area contributed by atoms with E-state index in [1.165, 1.54) is 0 Å². The first-order valence-corrected chi connectivity index (χ1v) is 8.63. The van der Waals surface area contributed by atoms with Gasteiger partial charge in [-0.05, 0) is 32.1 Å². The van der Waals surface area contributed by atoms with Gasteiger partial charge in [0.15, 0.2) is 0 Å². The average Bonchev–Trinajstić information content (AvgIpc) is 2.48. The van der Waals surface area contributed by atoms with Gasteiger partial charge in [-0.15, -0.1) is 0 Å². The van der Waals surface area contributed by atoms with Crippen LogP contribution in [0.2, 0.25) is 0 Å². The van der Waals surface area contributed by atoms with Crippen molar-refractivity contribution in [3.63, 3.8) is 0 Å². The summed E-state index contributed by atoms with van der Waals surface area (Å²) in [6.45, 7) is 2.93. The summed E-state index contributed by atoms with van der Waals surface area (Å²) in [6.07, 6.45) is 6.05. The lowest BCUT2D eigenvalue weighted by molar-refractivity contribution is 0.264. The first-order valence-electron chi connectivity index (χ1n) is 7.02. The number of rotatable bonds is 5. The van der Waals surface area contributed by atoms with Crippen molar-refractivity contribution in [3.05, 3.63) is 18.1 Å². The summed E-state index contributed by atoms with van der Waals surface area (Å²) in [5.41, 5.74) is 0.913. The highest BCUT2D eigenvalue weighted by Crippen LogP contribution is 2.24. The molecule has 0 unspecified atom stereocenters. The molecule has 0 radical (unpaired) electrons. The second-order valence-electron chi connectivity index (χ2n) is 5.07. The highest BCUT2D eigenvalue weighted by molar-refractivity contribution is 7.89. The van der Waals surface area contributed by atoms with Crippen LogP contribution in [0, 0.1) is 5.92 Å². The van der Waals surface area contributed by atoms with Gasteiger partial charge in [0.2, 0.25) is 10.0 Å². The highest BCUT2D eigenvalue weighted by atomic mass is 32.2. The maximum atomic E-state index is 12.0. The number of anilines is 1. The van der Waals surface area contributed by atoms with Crippen LogP contribution in [0.1, 0.15) is 25.5 Å². The van der Waals surface area contributed by atoms with Crippen LogP contribution in [0.5, 0.6) is 0 Å². The summed E-state index contributed by atoms with van der Waals surface area (Å²) in [6, 6.07) is 0. The second kappa shape index (κ2) is 6.49. The molecule has 0 spiro atoms. The predicted octanol–water partition coefficient (Wildman–Crippen LogP) is 1.12. The molecule has 6 nitrogen and oxygen atoms in total. The van der Waals surface area contributed by atoms with Crippen LogP contribution < -0.4 is 5.32 Å². The fourth-order valence-corrected chi connectivity index (χ4v) is 3.84. The highest BCUT2D eigenvalue weighted by Gasteiger charge is 2.28. The Balaban J connectivity index is 2.07. The van der Waals surface area contributed by atoms with Crippen molar-refractivity contribution in [2.75, 3.05) is 31.2 Å². The molecule has 1 aromatic heterocycles. The molecule has 1 aliphatic rings. The maximum absolute atomic E-state index is 12.0. The standard InChI is InChI=1S/C13H22N4O2S/c1-3-20(18,19)17-8-4-5-11(10-17)9-12-13(14-2)16-7-6-15-12/h6-7,11H,3-5,8-10H2,1-2H3,(H,14,16)/t11-/m1/s1. The number of hydrogen-bond donors (Lipinski definition) is 1. The summed E-state index contributed by atoms with van der Waals surface area (Å²) in [5, 5.41) is 3.03. The van der Waals surface area contributed by atoms with E-state index in [1.807, 2.05) is 7.05 Å². The lowest BCUT2D eigenvalue weighted by Gasteiger charge is -2.31. The monoisotopic (exact) mass is 298 g/mol. The van der Waals surface area contributed by atoms with E-state index >= 15 is 0 Å². The minimum atomic E-state index is -3.08. The van der Waals surface area contributed by atoms with Crippen molar-refractivity contribution in [1.82, 2.24) is 14.3 Å². The number of sulfonamides is 1. The van der Waals surface area contributed by atoms with Gasteiger partial charge in [-0.25, -0.2) is 17.7 Å². The molecule has 1 fully saturated rings. The van der Waals surface area contributed by atoms with Gasteiger partial charge in [-0.3, -0.25) is 4.98 Å². The molecule has 0 bridgehead atoms. The minimum absolute atomic E-state index is 0.173. The molecular weight excluding hydrogens is 276 g/mol. The number of aromatic nitrogens is 2. The molecule has 0 aromatic carbocycles. The van der Waals surface area contributed by atoms with Gasteiger partial charge >= 0.3 is 0 Å². The summed E-state index contributed by atoms with van der Waals surface area (Å²) in [5.74, 6) is 1.27. The molecule has 2 heterocycles. The van der Waals surface area contributed by atoms with Crippen molar-refractivity contribution in [2.45, 2.75) is 26.2 Å². The third kappa shape index (κ3) is 3.46. The number of piperidine rings is 1. The third-order valence-electron chi connectivity index (χ3n) is 3.73. The molecule has 1 aliphatic heterocycles. The van der Waals surface area contributed by atoms with E-state index in [2.05, 4.69) is 15.3 Å². The number of nitrogens with zero attached hydrogens (tertiary/aromatic N) is 3. The molecule has 1 aromatic rings. The van der Waals surface area contributed by atoms with Crippen molar-refractivity contribution < 1.29 is 8.42 Å². The third-order valence-corrected chi connectivity index (χ3v) is 5.58. The Morgan fingerprint density at radius 3 is 2.85 bits per heavy atom. The molecule has 0 amide bonds. The Kier molecular flexibility index (Phi) is 4.93. The van der Waals surface area contributed by atoms with Crippen LogP contribution in [-0.4, -0.2) is 48.6 Å². The Morgan fingerprint density at radius 2 is 2.15 bits per heavy atom. The first-order chi connectivity index (χ1) is 9.56. The van der Waals surface area contributed by atoms with E-state index in [9.17, 15) is 8.42 Å². The van der Waals surface area contributed by atoms with Gasteiger partial charge < -0.3 is 5.32 Å². The summed E-state index contributed by atoms with van der Waals surface area (Å²) in [7, 11) is -1.26. The molecule has 2 rings (SSSR count). The van der Waals surface area contributed by atoms with Gasteiger partial charge in [0.1, 0.15) is 5.82 Å². The zero-order valence-corrected chi connectivity index (χ0v) is 12.9. The van der Waals surface area contributed by atoms with Crippen LogP contribution in [0.4, 0.5) is 5.82 Å². The zero-order chi connectivity index (χ0) is 14.6. The first kappa shape index (κ1) is 15.2. The van der Waals surface area contributed by atoms with Gasteiger partial charge in [-0.2, -0.15) is 0 Å². The Labute approximate surface area is 120 Å². The van der Waals surface area contributed by atoms with Crippen LogP contribution in [0.25, 0.3) is 0 Å². The maximum Gasteiger partial charge on any atom is 0.213 e. The Bertz CT molecular complexity index is 547. The van der Waals surface area contributed by atoms with Crippen molar-refractivity contribution in [1.29, 1.82) is 0 Å². The van der Waals surface area contributed by atoms with Gasteiger partial charge in [0.05, 0.1) is 11.4 Å². The molecule has 7 heteroatoms. The lowest BCUT2D eigenvalue weighted by Crippen LogP contribution is -2.41. The molecule has 1 N–H and O–H groups in total. The zero-order valence-electron chi connectivity index (χ0n) is 12.0. The minimum Gasteiger partial charge on any atom is -0.372 e. The molecule has 1 atom stereocenters. The topological polar surface area (TPSA) is 75.2 Å². The van der Waals surface area contributed by atoms with Crippen LogP contribution in [0.3, 0.4) is 0 Å². The van der Waals surface area contributed by atoms with E-state index in [-0.39, 0.29) is 5.75 Å². The molecule has 0 aliphatic carbocycles. The predicted molar refractivity (Wildman–Crippen MR) is 79.0 cm³/mol. The van der Waals surface area contributed by atoms with Crippen molar-refractivity contribution in [2.24, 2.45) is 5.92 Å². The van der Waals surface area contributed by atoms with E-state index < -0.39 is 10.0 Å². The molecule has 20 heavy (non-hydrogen) atoms. The van der Waals surface area contributed by atoms with Gasteiger partial charge in [0, 0.05) is 32.5 Å². The second-order valence-corrected chi connectivity index (χ2v) is 7.33. The fraction of sp³-hybridized carbons (Fsp3) is 0.692. The van der Waals surface area contributed by atoms with E-state index in [4.69, 9.17) is 0 Å². The van der Waals surface area contributed by atoms with Gasteiger partial charge in [0.25, 0.3) is 0 Å². The number of hydrogen-bond acceptors (Lipinski definition) is 5. The number of nitrogens with one attached hydrogen (secondary N) is 1. The largest absolute Gasteiger partial charge is 0.372 e. The van der Waals surface area contributed by atoms with Crippen LogP contribution >= 0.6 is 0 Å². The van der Waals surface area contributed by atoms with Crippen LogP contribution in [0.15, 0.2) is 12.4 Å². The lowest BCUT2D eigenvalue weighted by atomic mass is 9.94. The van der Waals surface area contributed by atoms with E-state index in [0.29, 0.717) is 19.0 Å². The van der Waals surface area contributed by atoms with Crippen molar-refractivity contribution >= 4 is 15.8 Å². The fourth-order valence-electron chi connectivity index (χ4n) is 2.63. The van der Waals surface area contributed by atoms with E-state index in [1.54, 1.807) is 23.6 Å². The quantitative estimate of drug-likeness (QED) is 0.881. The molecule has 1 saturated heterocycles. The molecular formula is C13H22N4O2S. The Hall–Kier alpha value is -1.21.